The summed E-state index contributed by atoms with van der Waals surface area (Å²) < 4.78 is 5.24. The van der Waals surface area contributed by atoms with Crippen LogP contribution in [0.1, 0.15) is 11.3 Å². The Morgan fingerprint density at radius 2 is 1.81 bits per heavy atom. The van der Waals surface area contributed by atoms with Gasteiger partial charge in [-0.2, -0.15) is 0 Å². The number of benzene rings is 2. The van der Waals surface area contributed by atoms with Crippen molar-refractivity contribution in [3.05, 3.63) is 64.9 Å². The molecule has 0 aliphatic heterocycles. The lowest BCUT2D eigenvalue weighted by Crippen LogP contribution is -1.87. The summed E-state index contributed by atoms with van der Waals surface area (Å²) in [4.78, 5) is 5.21. The van der Waals surface area contributed by atoms with Gasteiger partial charge in [0.2, 0.25) is 0 Å². The summed E-state index contributed by atoms with van der Waals surface area (Å²) in [7, 11) is 0. The molecule has 1 heterocycles. The van der Waals surface area contributed by atoms with Crippen LogP contribution in [0.4, 0.5) is 0 Å². The van der Waals surface area contributed by atoms with Gasteiger partial charge in [-0.25, -0.2) is 0 Å². The molecule has 3 aromatic rings. The maximum Gasteiger partial charge on any atom is 0.290 e. The minimum absolute atomic E-state index is 0.121. The summed E-state index contributed by atoms with van der Waals surface area (Å²) >= 11 is 5.80. The summed E-state index contributed by atoms with van der Waals surface area (Å²) in [5, 5.41) is 15.6. The highest BCUT2D eigenvalue weighted by molar-refractivity contribution is 6.30. The van der Waals surface area contributed by atoms with E-state index in [2.05, 4.69) is 5.16 Å². The number of oxime groups is 1. The van der Waals surface area contributed by atoms with Crippen LogP contribution in [0.5, 0.6) is 5.95 Å². The van der Waals surface area contributed by atoms with Crippen LogP contribution in [-0.4, -0.2) is 11.3 Å². The van der Waals surface area contributed by atoms with Crippen molar-refractivity contribution < 1.29 is 14.4 Å². The molecule has 0 radical (unpaired) electrons. The first kappa shape index (κ1) is 13.5. The number of halogens is 1. The van der Waals surface area contributed by atoms with E-state index in [-0.39, 0.29) is 5.95 Å². The van der Waals surface area contributed by atoms with Gasteiger partial charge in [-0.05, 0) is 23.8 Å². The van der Waals surface area contributed by atoms with Crippen LogP contribution in [0, 0.1) is 0 Å². The van der Waals surface area contributed by atoms with Crippen LogP contribution in [0.2, 0.25) is 5.02 Å². The predicted octanol–water partition coefficient (Wildman–Crippen LogP) is 4.34. The zero-order valence-electron chi connectivity index (χ0n) is 11.0. The highest BCUT2D eigenvalue weighted by atomic mass is 35.5. The van der Waals surface area contributed by atoms with Crippen LogP contribution < -0.4 is 0 Å². The van der Waals surface area contributed by atoms with E-state index < -0.39 is 0 Å². The highest BCUT2D eigenvalue weighted by Crippen LogP contribution is 2.29. The van der Waals surface area contributed by atoms with Gasteiger partial charge in [0.25, 0.3) is 5.95 Å². The second-order valence-corrected chi connectivity index (χ2v) is 4.89. The fraction of sp³-hybridized carbons (Fsp3) is 0.0625. The molecule has 0 amide bonds. The summed E-state index contributed by atoms with van der Waals surface area (Å²) in [6, 6.07) is 14.6. The molecule has 0 saturated heterocycles. The molecule has 106 valence electrons. The molecule has 0 spiro atoms. The van der Waals surface area contributed by atoms with Crippen molar-refractivity contribution in [3.63, 3.8) is 0 Å². The van der Waals surface area contributed by atoms with Crippen molar-refractivity contribution in [2.75, 3.05) is 0 Å². The Bertz CT molecular complexity index is 778. The van der Waals surface area contributed by atoms with Gasteiger partial charge in [-0.1, -0.05) is 47.1 Å². The smallest absolute Gasteiger partial charge is 0.290 e. The minimum Gasteiger partial charge on any atom is -0.480 e. The molecule has 3 rings (SSSR count). The van der Waals surface area contributed by atoms with Crippen molar-refractivity contribution in [3.8, 4) is 5.95 Å². The van der Waals surface area contributed by atoms with E-state index in [0.29, 0.717) is 22.8 Å². The Morgan fingerprint density at radius 3 is 2.57 bits per heavy atom. The molecular weight excluding hydrogens is 290 g/mol. The number of hydrogen-bond acceptors (Lipinski definition) is 4. The molecule has 5 heteroatoms. The lowest BCUT2D eigenvalue weighted by molar-refractivity contribution is 0.132. The Kier molecular flexibility index (Phi) is 3.79. The predicted molar refractivity (Wildman–Crippen MR) is 81.7 cm³/mol. The molecule has 1 N–H and O–H groups in total. The number of hydrogen-bond donors (Lipinski definition) is 1. The maximum atomic E-state index is 9.67. The van der Waals surface area contributed by atoms with Crippen LogP contribution >= 0.6 is 11.6 Å². The molecule has 1 aromatic heterocycles. The lowest BCUT2D eigenvalue weighted by atomic mass is 10.2. The molecular formula is C16H12ClNO3. The minimum atomic E-state index is -0.121. The summed E-state index contributed by atoms with van der Waals surface area (Å²) in [6.45, 7) is 0.332. The molecule has 0 aliphatic carbocycles. The molecule has 21 heavy (non-hydrogen) atoms. The van der Waals surface area contributed by atoms with Crippen molar-refractivity contribution in [2.24, 2.45) is 5.16 Å². The van der Waals surface area contributed by atoms with Crippen LogP contribution in [-0.2, 0) is 11.4 Å². The zero-order chi connectivity index (χ0) is 14.7. The average Bonchev–Trinajstić information content (AvgIpc) is 2.83. The zero-order valence-corrected chi connectivity index (χ0v) is 11.7. The van der Waals surface area contributed by atoms with E-state index in [1.165, 1.54) is 6.21 Å². The van der Waals surface area contributed by atoms with Crippen molar-refractivity contribution in [1.29, 1.82) is 0 Å². The topological polar surface area (TPSA) is 55.0 Å². The number of rotatable bonds is 4. The standard InChI is InChI=1S/C16H12ClNO3/c17-12-7-5-11(6-8-12)10-20-18-9-15-13-3-1-2-4-14(13)16(19)21-15/h1-9,19H,10H2/b18-9-. The first-order valence-corrected chi connectivity index (χ1v) is 6.72. The normalized spacial score (nSPS) is 11.3. The number of furan rings is 1. The molecule has 4 nitrogen and oxygen atoms in total. The monoisotopic (exact) mass is 301 g/mol. The van der Waals surface area contributed by atoms with Gasteiger partial charge in [0, 0.05) is 10.4 Å². The molecule has 0 atom stereocenters. The van der Waals surface area contributed by atoms with Gasteiger partial charge in [-0.15, -0.1) is 0 Å². The van der Waals surface area contributed by atoms with E-state index in [1.807, 2.05) is 30.3 Å². The Morgan fingerprint density at radius 1 is 1.10 bits per heavy atom. The first-order chi connectivity index (χ1) is 10.2. The van der Waals surface area contributed by atoms with Crippen LogP contribution in [0.25, 0.3) is 10.8 Å². The molecule has 2 aromatic carbocycles. The van der Waals surface area contributed by atoms with Crippen molar-refractivity contribution in [1.82, 2.24) is 0 Å². The molecule has 0 saturated carbocycles. The third-order valence-corrected chi connectivity index (χ3v) is 3.27. The Labute approximate surface area is 126 Å². The second-order valence-electron chi connectivity index (χ2n) is 4.45. The van der Waals surface area contributed by atoms with E-state index in [4.69, 9.17) is 20.9 Å². The molecule has 0 aliphatic rings. The maximum absolute atomic E-state index is 9.67. The van der Waals surface area contributed by atoms with Gasteiger partial charge in [0.1, 0.15) is 12.8 Å². The molecule has 0 unspecified atom stereocenters. The third-order valence-electron chi connectivity index (χ3n) is 3.02. The van der Waals surface area contributed by atoms with Crippen LogP contribution in [0.3, 0.4) is 0 Å². The number of aromatic hydroxyl groups is 1. The first-order valence-electron chi connectivity index (χ1n) is 6.34. The SMILES string of the molecule is Oc1oc(/C=N\OCc2ccc(Cl)cc2)c2ccccc12. The summed E-state index contributed by atoms with van der Waals surface area (Å²) in [5.41, 5.74) is 0.962. The highest BCUT2D eigenvalue weighted by Gasteiger charge is 2.09. The second kappa shape index (κ2) is 5.89. The fourth-order valence-electron chi connectivity index (χ4n) is 1.97. The quantitative estimate of drug-likeness (QED) is 0.576. The van der Waals surface area contributed by atoms with Gasteiger partial charge in [0.05, 0.1) is 5.39 Å². The largest absolute Gasteiger partial charge is 0.480 e. The third kappa shape index (κ3) is 3.01. The van der Waals surface area contributed by atoms with E-state index >= 15 is 0 Å². The van der Waals surface area contributed by atoms with Gasteiger partial charge < -0.3 is 14.4 Å². The number of nitrogens with zero attached hydrogens (tertiary/aromatic N) is 1. The van der Waals surface area contributed by atoms with Gasteiger partial charge in [0.15, 0.2) is 5.76 Å². The Hall–Kier alpha value is -2.46. The number of fused-ring (bicyclic) bond motifs is 1. The van der Waals surface area contributed by atoms with Crippen LogP contribution in [0.15, 0.2) is 58.1 Å². The van der Waals surface area contributed by atoms with E-state index in [9.17, 15) is 5.11 Å². The van der Waals surface area contributed by atoms with Gasteiger partial charge >= 0.3 is 0 Å². The van der Waals surface area contributed by atoms with E-state index in [0.717, 1.165) is 10.9 Å². The van der Waals surface area contributed by atoms with E-state index in [1.54, 1.807) is 18.2 Å². The molecule has 0 bridgehead atoms. The summed E-state index contributed by atoms with van der Waals surface area (Å²) in [5.74, 6) is 0.337. The Balaban J connectivity index is 1.69. The van der Waals surface area contributed by atoms with Crippen molar-refractivity contribution in [2.45, 2.75) is 6.61 Å². The average molecular weight is 302 g/mol. The lowest BCUT2D eigenvalue weighted by Gasteiger charge is -1.99. The van der Waals surface area contributed by atoms with Crippen molar-refractivity contribution >= 4 is 28.6 Å². The fourth-order valence-corrected chi connectivity index (χ4v) is 2.10. The summed E-state index contributed by atoms with van der Waals surface area (Å²) in [6.07, 6.45) is 1.44. The van der Waals surface area contributed by atoms with Gasteiger partial charge in [-0.3, -0.25) is 0 Å². The molecule has 0 fully saturated rings.